The molecule has 9 heteroatoms. The molecule has 38 heavy (non-hydrogen) atoms. The zero-order valence-corrected chi connectivity index (χ0v) is 22.4. The highest BCUT2D eigenvalue weighted by Crippen LogP contribution is 2.60. The molecule has 1 amide bonds. The van der Waals surface area contributed by atoms with E-state index in [1.807, 2.05) is 47.3 Å². The third kappa shape index (κ3) is 4.31. The van der Waals surface area contributed by atoms with Gasteiger partial charge >= 0.3 is 0 Å². The number of rotatable bonds is 6. The maximum atomic E-state index is 13.7. The molecule has 2 heterocycles. The summed E-state index contributed by atoms with van der Waals surface area (Å²) in [6, 6.07) is 15.4. The topological polar surface area (TPSA) is 77.6 Å². The van der Waals surface area contributed by atoms with Crippen LogP contribution in [0.1, 0.15) is 60.1 Å². The van der Waals surface area contributed by atoms with Crippen LogP contribution >= 0.6 is 23.2 Å². The fraction of sp³-hybridized carbons (Fsp3) is 0.379. The van der Waals surface area contributed by atoms with E-state index < -0.39 is 0 Å². The largest absolute Gasteiger partial charge is 0.289 e. The van der Waals surface area contributed by atoms with Crippen LogP contribution in [0.3, 0.4) is 0 Å². The number of carbonyl (C=O) groups excluding carboxylic acids is 1. The Hall–Kier alpha value is -3.16. The third-order valence-corrected chi connectivity index (χ3v) is 9.22. The van der Waals surface area contributed by atoms with E-state index in [4.69, 9.17) is 28.3 Å². The lowest BCUT2D eigenvalue weighted by Crippen LogP contribution is -2.49. The highest BCUT2D eigenvalue weighted by atomic mass is 35.5. The van der Waals surface area contributed by atoms with Gasteiger partial charge in [-0.2, -0.15) is 5.10 Å². The molecule has 4 saturated carbocycles. The molecule has 0 aliphatic heterocycles. The van der Waals surface area contributed by atoms with Crippen molar-refractivity contribution in [3.05, 3.63) is 87.9 Å². The molecule has 4 aliphatic carbocycles. The van der Waals surface area contributed by atoms with Gasteiger partial charge in [0, 0.05) is 21.7 Å². The van der Waals surface area contributed by atoms with Crippen molar-refractivity contribution in [1.29, 1.82) is 0 Å². The van der Waals surface area contributed by atoms with Gasteiger partial charge in [0.2, 0.25) is 5.95 Å². The van der Waals surface area contributed by atoms with E-state index in [1.165, 1.54) is 19.3 Å². The van der Waals surface area contributed by atoms with E-state index in [-0.39, 0.29) is 17.3 Å². The second-order valence-corrected chi connectivity index (χ2v) is 12.2. The second-order valence-electron chi connectivity index (χ2n) is 11.3. The number of benzene rings is 2. The minimum Gasteiger partial charge on any atom is -0.289 e. The van der Waals surface area contributed by atoms with Gasteiger partial charge in [0.1, 0.15) is 6.33 Å². The van der Waals surface area contributed by atoms with Gasteiger partial charge in [-0.1, -0.05) is 47.5 Å². The van der Waals surface area contributed by atoms with Gasteiger partial charge in [0.05, 0.1) is 23.5 Å². The minimum atomic E-state index is -0.222. The molecular weight excluding hydrogens is 519 g/mol. The van der Waals surface area contributed by atoms with Crippen LogP contribution in [0.2, 0.25) is 10.0 Å². The number of hydrogen-bond acceptors (Lipinski definition) is 4. The summed E-state index contributed by atoms with van der Waals surface area (Å²) >= 11 is 12.3. The lowest BCUT2D eigenvalue weighted by molar-refractivity contribution is -0.00765. The Kier molecular flexibility index (Phi) is 5.82. The Labute approximate surface area is 231 Å². The van der Waals surface area contributed by atoms with Crippen molar-refractivity contribution in [3.8, 4) is 5.69 Å². The smallest absolute Gasteiger partial charge is 0.261 e. The molecule has 0 atom stereocenters. The molecule has 0 radical (unpaired) electrons. The molecule has 0 saturated heterocycles. The maximum absolute atomic E-state index is 13.7. The van der Waals surface area contributed by atoms with Crippen molar-refractivity contribution in [2.24, 2.45) is 17.8 Å². The summed E-state index contributed by atoms with van der Waals surface area (Å²) in [5.41, 5.74) is 3.34. The number of para-hydroxylation sites is 1. The molecule has 194 valence electrons. The summed E-state index contributed by atoms with van der Waals surface area (Å²) in [5.74, 6) is 2.27. The molecule has 4 aromatic rings. The Morgan fingerprint density at radius 3 is 2.37 bits per heavy atom. The zero-order chi connectivity index (χ0) is 25.9. The zero-order valence-electron chi connectivity index (χ0n) is 20.9. The molecule has 4 bridgehead atoms. The highest BCUT2D eigenvalue weighted by molar-refractivity contribution is 6.35. The molecule has 4 fully saturated rings. The lowest BCUT2D eigenvalue weighted by atomic mass is 9.48. The number of carbonyl (C=O) groups is 1. The molecule has 4 aliphatic rings. The normalized spacial score (nSPS) is 25.6. The monoisotopic (exact) mass is 546 g/mol. The molecule has 7 nitrogen and oxygen atoms in total. The van der Waals surface area contributed by atoms with Crippen LogP contribution in [-0.4, -0.2) is 30.5 Å². The van der Waals surface area contributed by atoms with E-state index in [2.05, 4.69) is 15.4 Å². The predicted octanol–water partition coefficient (Wildman–Crippen LogP) is 6.54. The van der Waals surface area contributed by atoms with Crippen LogP contribution in [0.5, 0.6) is 0 Å². The number of aromatic nitrogens is 5. The quantitative estimate of drug-likeness (QED) is 0.298. The van der Waals surface area contributed by atoms with E-state index in [0.717, 1.165) is 54.0 Å². The molecule has 2 aromatic heterocycles. The summed E-state index contributed by atoms with van der Waals surface area (Å²) in [7, 11) is 0. The summed E-state index contributed by atoms with van der Waals surface area (Å²) in [4.78, 5) is 18.1. The fourth-order valence-electron chi connectivity index (χ4n) is 7.47. The van der Waals surface area contributed by atoms with Gasteiger partial charge in [-0.05, 0) is 86.1 Å². The number of nitrogens with zero attached hydrogens (tertiary/aromatic N) is 5. The summed E-state index contributed by atoms with van der Waals surface area (Å²) in [5, 5.41) is 13.6. The Morgan fingerprint density at radius 1 is 0.974 bits per heavy atom. The summed E-state index contributed by atoms with van der Waals surface area (Å²) in [6.07, 6.45) is 10.8. The number of nitrogens with one attached hydrogen (secondary N) is 1. The second kappa shape index (κ2) is 9.24. The number of halogens is 2. The van der Waals surface area contributed by atoms with Crippen LogP contribution in [-0.2, 0) is 12.0 Å². The Bertz CT molecular complexity index is 1480. The summed E-state index contributed by atoms with van der Waals surface area (Å²) < 4.78 is 3.51. The summed E-state index contributed by atoms with van der Waals surface area (Å²) in [6.45, 7) is 0.420. The maximum Gasteiger partial charge on any atom is 0.261 e. The molecule has 1 N–H and O–H groups in total. The molecule has 0 spiro atoms. The number of amides is 1. The highest BCUT2D eigenvalue weighted by Gasteiger charge is 2.54. The van der Waals surface area contributed by atoms with Gasteiger partial charge in [0.15, 0.2) is 0 Å². The van der Waals surface area contributed by atoms with Crippen molar-refractivity contribution in [2.75, 3.05) is 5.32 Å². The van der Waals surface area contributed by atoms with Crippen LogP contribution in [0.15, 0.2) is 61.1 Å². The van der Waals surface area contributed by atoms with Gasteiger partial charge in [-0.3, -0.25) is 10.1 Å². The van der Waals surface area contributed by atoms with Crippen LogP contribution in [0, 0.1) is 17.8 Å². The number of hydrogen-bond donors (Lipinski definition) is 1. The Morgan fingerprint density at radius 2 is 1.68 bits per heavy atom. The van der Waals surface area contributed by atoms with Crippen LogP contribution in [0.4, 0.5) is 5.95 Å². The van der Waals surface area contributed by atoms with E-state index in [0.29, 0.717) is 22.2 Å². The first-order valence-corrected chi connectivity index (χ1v) is 14.0. The van der Waals surface area contributed by atoms with Gasteiger partial charge in [0.25, 0.3) is 5.91 Å². The van der Waals surface area contributed by atoms with Gasteiger partial charge in [-0.15, -0.1) is 5.10 Å². The van der Waals surface area contributed by atoms with Gasteiger partial charge in [-0.25, -0.2) is 14.3 Å². The first-order chi connectivity index (χ1) is 18.4. The predicted molar refractivity (Wildman–Crippen MR) is 147 cm³/mol. The number of anilines is 1. The first-order valence-electron chi connectivity index (χ1n) is 13.2. The first kappa shape index (κ1) is 23.9. The van der Waals surface area contributed by atoms with Crippen molar-refractivity contribution in [3.63, 3.8) is 0 Å². The van der Waals surface area contributed by atoms with E-state index in [1.54, 1.807) is 23.1 Å². The average molecular weight is 547 g/mol. The molecular formula is C29H28Cl2N6O. The molecule has 2 aromatic carbocycles. The van der Waals surface area contributed by atoms with E-state index in [9.17, 15) is 4.79 Å². The van der Waals surface area contributed by atoms with Crippen molar-refractivity contribution in [2.45, 2.75) is 50.5 Å². The van der Waals surface area contributed by atoms with Crippen LogP contribution < -0.4 is 5.32 Å². The standard InChI is InChI=1S/C29H28Cl2N6O/c30-22-7-6-21(25(31)11-22)15-36-17-32-28(35-36)33-27(38)24-16-37(23-4-2-1-3-5-23)34-26(24)29-12-18-8-19(13-29)10-20(9-18)14-29/h1-7,11,16-20H,8-10,12-15H2,(H,33,35,38). The SMILES string of the molecule is O=C(Nc1ncn(Cc2ccc(Cl)cc2Cl)n1)c1cn(-c2ccccc2)nc1C12CC3CC(CC(C3)C1)C2. The van der Waals surface area contributed by atoms with Gasteiger partial charge < -0.3 is 0 Å². The fourth-order valence-corrected chi connectivity index (χ4v) is 7.94. The molecule has 0 unspecified atom stereocenters. The van der Waals surface area contributed by atoms with Crippen molar-refractivity contribution < 1.29 is 4.79 Å². The lowest BCUT2D eigenvalue weighted by Gasteiger charge is -2.56. The molecule has 8 rings (SSSR count). The average Bonchev–Trinajstić information content (AvgIpc) is 3.53. The minimum absolute atomic E-state index is 0.0282. The van der Waals surface area contributed by atoms with Crippen molar-refractivity contribution in [1.82, 2.24) is 24.5 Å². The Balaban J connectivity index is 1.19. The van der Waals surface area contributed by atoms with Crippen molar-refractivity contribution >= 4 is 35.1 Å². The third-order valence-electron chi connectivity index (χ3n) is 8.63. The van der Waals surface area contributed by atoms with E-state index >= 15 is 0 Å². The van der Waals surface area contributed by atoms with Crippen LogP contribution in [0.25, 0.3) is 5.69 Å².